The van der Waals surface area contributed by atoms with Crippen LogP contribution in [0.25, 0.3) is 0 Å². The number of carbonyl (C=O) groups excluding carboxylic acids is 1. The Morgan fingerprint density at radius 3 is 2.39 bits per heavy atom. The van der Waals surface area contributed by atoms with Crippen molar-refractivity contribution >= 4 is 22.1 Å². The average molecular weight is 269 g/mol. The minimum Gasteiger partial charge on any atom is -0.468 e. The number of hydrogen-bond donors (Lipinski definition) is 1. The lowest BCUT2D eigenvalue weighted by Gasteiger charge is -2.39. The number of ether oxygens (including phenoxy) is 1. The van der Waals surface area contributed by atoms with Crippen LogP contribution in [0.5, 0.6) is 0 Å². The van der Waals surface area contributed by atoms with Crippen LogP contribution in [0.1, 0.15) is 27.2 Å². The Morgan fingerprint density at radius 1 is 1.39 bits per heavy atom. The van der Waals surface area contributed by atoms with Crippen molar-refractivity contribution in [3.05, 3.63) is 0 Å². The van der Waals surface area contributed by atoms with Gasteiger partial charge in [-0.15, -0.1) is 0 Å². The van der Waals surface area contributed by atoms with Crippen LogP contribution < -0.4 is 5.32 Å². The molecule has 18 heavy (non-hydrogen) atoms. The van der Waals surface area contributed by atoms with Crippen LogP contribution in [0, 0.1) is 0 Å². The van der Waals surface area contributed by atoms with Gasteiger partial charge >= 0.3 is 5.97 Å². The molecule has 6 heteroatoms. The summed E-state index contributed by atoms with van der Waals surface area (Å²) < 4.78 is 11.0. The van der Waals surface area contributed by atoms with Crippen molar-refractivity contribution in [2.24, 2.45) is 0 Å². The van der Waals surface area contributed by atoms with Crippen LogP contribution in [-0.2, 0) is 14.0 Å². The fourth-order valence-corrected chi connectivity index (χ4v) is 3.12. The maximum atomic E-state index is 11.5. The minimum absolute atomic E-state index is 0.116. The van der Waals surface area contributed by atoms with Crippen molar-refractivity contribution in [3.63, 3.8) is 0 Å². The highest BCUT2D eigenvalue weighted by Crippen LogP contribution is 2.38. The average Bonchev–Trinajstić information content (AvgIpc) is 2.57. The van der Waals surface area contributed by atoms with Gasteiger partial charge in [-0.2, -0.15) is 0 Å². The first kappa shape index (κ1) is 15.7. The van der Waals surface area contributed by atoms with Crippen LogP contribution in [-0.4, -0.2) is 47.3 Å². The Labute approximate surface area is 112 Å². The molecule has 0 saturated carbocycles. The summed E-state index contributed by atoms with van der Waals surface area (Å²) in [6, 6.07) is -0.347. The van der Waals surface area contributed by atoms with Gasteiger partial charge in [0.1, 0.15) is 6.04 Å². The molecular weight excluding hydrogens is 245 g/mol. The van der Waals surface area contributed by atoms with Crippen molar-refractivity contribution in [1.82, 2.24) is 5.32 Å². The number of esters is 1. The van der Waals surface area contributed by atoms with Crippen molar-refractivity contribution in [2.45, 2.75) is 63.4 Å². The molecular formula is C12H24BNO3Si. The highest BCUT2D eigenvalue weighted by molar-refractivity contribution is 6.74. The Bertz CT molecular complexity index is 317. The van der Waals surface area contributed by atoms with E-state index in [9.17, 15) is 4.79 Å². The molecule has 1 saturated heterocycles. The molecule has 1 fully saturated rings. The van der Waals surface area contributed by atoms with Crippen molar-refractivity contribution < 1.29 is 14.0 Å². The molecule has 2 radical (unpaired) electrons. The van der Waals surface area contributed by atoms with Gasteiger partial charge < -0.3 is 14.5 Å². The summed E-state index contributed by atoms with van der Waals surface area (Å²) >= 11 is 0. The van der Waals surface area contributed by atoms with E-state index in [0.29, 0.717) is 6.42 Å². The van der Waals surface area contributed by atoms with E-state index < -0.39 is 8.32 Å². The fourth-order valence-electron chi connectivity index (χ4n) is 1.77. The standard InChI is InChI=1S/C12H24BNO3Si/c1-12(2,3)18(5,6)17-9-7-8(11(15)16-4)14-10(9)13/h8-10,14H,7H2,1-6H3/t8-,9?,10?/m0/s1. The van der Waals surface area contributed by atoms with Gasteiger partial charge in [-0.25, -0.2) is 0 Å². The van der Waals surface area contributed by atoms with Gasteiger partial charge in [0, 0.05) is 0 Å². The maximum Gasteiger partial charge on any atom is 0.322 e. The Balaban J connectivity index is 2.67. The summed E-state index contributed by atoms with van der Waals surface area (Å²) in [5, 5.41) is 3.16. The van der Waals surface area contributed by atoms with E-state index in [1.165, 1.54) is 7.11 Å². The molecule has 1 N–H and O–H groups in total. The summed E-state index contributed by atoms with van der Waals surface area (Å²) in [5.41, 5.74) is 0. The molecule has 4 nitrogen and oxygen atoms in total. The number of methoxy groups -OCH3 is 1. The summed E-state index contributed by atoms with van der Waals surface area (Å²) in [6.07, 6.45) is 0.468. The van der Waals surface area contributed by atoms with Gasteiger partial charge in [0.2, 0.25) is 0 Å². The Kier molecular flexibility index (Phi) is 4.67. The topological polar surface area (TPSA) is 47.6 Å². The molecule has 2 unspecified atom stereocenters. The molecule has 0 amide bonds. The second-order valence-corrected chi connectivity index (χ2v) is 11.2. The molecule has 0 bridgehead atoms. The summed E-state index contributed by atoms with van der Waals surface area (Å²) in [4.78, 5) is 11.5. The molecule has 1 heterocycles. The van der Waals surface area contributed by atoms with Crippen LogP contribution >= 0.6 is 0 Å². The lowest BCUT2D eigenvalue weighted by Crippen LogP contribution is -2.47. The molecule has 3 atom stereocenters. The zero-order valence-corrected chi connectivity index (χ0v) is 13.2. The second kappa shape index (κ2) is 5.35. The van der Waals surface area contributed by atoms with Gasteiger partial charge in [0.25, 0.3) is 0 Å². The van der Waals surface area contributed by atoms with E-state index in [1.54, 1.807) is 0 Å². The zero-order valence-electron chi connectivity index (χ0n) is 12.2. The van der Waals surface area contributed by atoms with Crippen molar-refractivity contribution in [1.29, 1.82) is 0 Å². The van der Waals surface area contributed by atoms with Crippen molar-refractivity contribution in [3.8, 4) is 0 Å². The predicted molar refractivity (Wildman–Crippen MR) is 75.2 cm³/mol. The molecule has 0 aromatic carbocycles. The first-order valence-corrected chi connectivity index (χ1v) is 9.26. The first-order valence-electron chi connectivity index (χ1n) is 6.36. The maximum absolute atomic E-state index is 11.5. The van der Waals surface area contributed by atoms with Crippen LogP contribution in [0.3, 0.4) is 0 Å². The molecule has 0 aliphatic carbocycles. The highest BCUT2D eigenvalue weighted by Gasteiger charge is 2.43. The second-order valence-electron chi connectivity index (χ2n) is 6.42. The van der Waals surface area contributed by atoms with E-state index in [4.69, 9.17) is 17.0 Å². The number of carbonyl (C=O) groups is 1. The number of rotatable bonds is 3. The number of nitrogens with one attached hydrogen (secondary N) is 1. The fraction of sp³-hybridized carbons (Fsp3) is 0.917. The normalized spacial score (nSPS) is 29.3. The molecule has 1 aliphatic heterocycles. The Hall–Kier alpha value is -0.328. The largest absolute Gasteiger partial charge is 0.468 e. The molecule has 102 valence electrons. The highest BCUT2D eigenvalue weighted by atomic mass is 28.4. The molecule has 1 aliphatic rings. The zero-order chi connectivity index (χ0) is 14.1. The van der Waals surface area contributed by atoms with E-state index in [-0.39, 0.29) is 29.1 Å². The number of hydrogen-bond acceptors (Lipinski definition) is 4. The van der Waals surface area contributed by atoms with E-state index in [2.05, 4.69) is 39.2 Å². The lowest BCUT2D eigenvalue weighted by atomic mass is 9.93. The van der Waals surface area contributed by atoms with Gasteiger partial charge in [-0.05, 0) is 30.5 Å². The predicted octanol–water partition coefficient (Wildman–Crippen LogP) is 1.41. The van der Waals surface area contributed by atoms with Gasteiger partial charge in [-0.1, -0.05) is 20.8 Å². The van der Waals surface area contributed by atoms with E-state index in [1.807, 2.05) is 0 Å². The lowest BCUT2D eigenvalue weighted by molar-refractivity contribution is -0.142. The van der Waals surface area contributed by atoms with E-state index in [0.717, 1.165) is 0 Å². The summed E-state index contributed by atoms with van der Waals surface area (Å²) in [5.74, 6) is -0.574. The third kappa shape index (κ3) is 3.36. The van der Waals surface area contributed by atoms with Gasteiger partial charge in [0.15, 0.2) is 8.32 Å². The molecule has 0 aromatic heterocycles. The monoisotopic (exact) mass is 269 g/mol. The summed E-state index contributed by atoms with van der Waals surface area (Å²) in [6.45, 7) is 10.9. The van der Waals surface area contributed by atoms with Crippen LogP contribution in [0.15, 0.2) is 0 Å². The minimum atomic E-state index is -1.86. The molecule has 0 spiro atoms. The Morgan fingerprint density at radius 2 is 1.94 bits per heavy atom. The third-order valence-corrected chi connectivity index (χ3v) is 8.50. The summed E-state index contributed by atoms with van der Waals surface area (Å²) in [7, 11) is 5.52. The van der Waals surface area contributed by atoms with Crippen LogP contribution in [0.4, 0.5) is 0 Å². The quantitative estimate of drug-likeness (QED) is 0.621. The molecule has 0 aromatic rings. The third-order valence-electron chi connectivity index (χ3n) is 4.00. The smallest absolute Gasteiger partial charge is 0.322 e. The van der Waals surface area contributed by atoms with Gasteiger partial charge in [-0.3, -0.25) is 4.79 Å². The SMILES string of the molecule is [B]C1N[C@H](C(=O)OC)CC1O[Si](C)(C)C(C)(C)C. The van der Waals surface area contributed by atoms with Crippen molar-refractivity contribution in [2.75, 3.05) is 7.11 Å². The molecule has 1 rings (SSSR count). The van der Waals surface area contributed by atoms with Gasteiger partial charge in [0.05, 0.1) is 21.1 Å². The first-order chi connectivity index (χ1) is 8.08. The van der Waals surface area contributed by atoms with E-state index >= 15 is 0 Å². The van der Waals surface area contributed by atoms with Crippen LogP contribution in [0.2, 0.25) is 18.1 Å².